The van der Waals surface area contributed by atoms with Crippen LogP contribution in [-0.2, 0) is 13.0 Å². The Bertz CT molecular complexity index is 617. The summed E-state index contributed by atoms with van der Waals surface area (Å²) in [5.74, 6) is 1.22. The highest BCUT2D eigenvalue weighted by molar-refractivity contribution is 5.96. The number of nitrogens with one attached hydrogen (secondary N) is 1. The number of carbonyl (C=O) groups is 1. The second-order valence-corrected chi connectivity index (χ2v) is 4.42. The van der Waals surface area contributed by atoms with Crippen LogP contribution >= 0.6 is 0 Å². The quantitative estimate of drug-likeness (QED) is 0.777. The van der Waals surface area contributed by atoms with E-state index in [0.717, 1.165) is 31.0 Å². The molecular formula is C10H13N7O2. The molecule has 1 aliphatic rings. The van der Waals surface area contributed by atoms with Crippen molar-refractivity contribution in [1.82, 2.24) is 30.4 Å². The van der Waals surface area contributed by atoms with E-state index in [4.69, 9.17) is 5.73 Å². The zero-order valence-electron chi connectivity index (χ0n) is 10.3. The zero-order valence-corrected chi connectivity index (χ0v) is 10.3. The molecule has 0 bridgehead atoms. The van der Waals surface area contributed by atoms with Crippen molar-refractivity contribution >= 4 is 11.7 Å². The van der Waals surface area contributed by atoms with E-state index in [2.05, 4.69) is 30.5 Å². The van der Waals surface area contributed by atoms with Crippen molar-refractivity contribution < 1.29 is 9.42 Å². The second kappa shape index (κ2) is 4.34. The van der Waals surface area contributed by atoms with Gasteiger partial charge in [0.15, 0.2) is 5.82 Å². The largest absolute Gasteiger partial charge is 0.379 e. The Morgan fingerprint density at radius 2 is 2.32 bits per heavy atom. The smallest absolute Gasteiger partial charge is 0.278 e. The lowest BCUT2D eigenvalue weighted by molar-refractivity contribution is 0.0928. The average Bonchev–Trinajstić information content (AvgIpc) is 3.02. The number of nitrogens with zero attached hydrogens (tertiary/aromatic N) is 5. The van der Waals surface area contributed by atoms with Crippen LogP contribution < -0.4 is 11.1 Å². The average molecular weight is 263 g/mol. The molecule has 3 heterocycles. The molecule has 1 atom stereocenters. The van der Waals surface area contributed by atoms with Crippen molar-refractivity contribution in [3.63, 3.8) is 0 Å². The number of hydrogen-bond donors (Lipinski definition) is 2. The Kier molecular flexibility index (Phi) is 2.65. The molecule has 3 N–H and O–H groups in total. The number of anilines is 1. The van der Waals surface area contributed by atoms with Crippen LogP contribution in [0.1, 0.15) is 41.5 Å². The van der Waals surface area contributed by atoms with Gasteiger partial charge in [-0.15, -0.1) is 10.2 Å². The number of carbonyl (C=O) groups excluding carboxylic acids is 1. The molecule has 1 unspecified atom stereocenters. The van der Waals surface area contributed by atoms with Crippen LogP contribution in [0.3, 0.4) is 0 Å². The fourth-order valence-electron chi connectivity index (χ4n) is 2.18. The number of fused-ring (bicyclic) bond motifs is 1. The van der Waals surface area contributed by atoms with Gasteiger partial charge in [-0.25, -0.2) is 4.63 Å². The summed E-state index contributed by atoms with van der Waals surface area (Å²) in [4.78, 5) is 11.9. The molecule has 2 aromatic rings. The summed E-state index contributed by atoms with van der Waals surface area (Å²) in [6.45, 7) is 2.71. The molecular weight excluding hydrogens is 250 g/mol. The molecule has 9 heteroatoms. The van der Waals surface area contributed by atoms with Crippen LogP contribution in [0.25, 0.3) is 0 Å². The molecule has 0 aliphatic carbocycles. The lowest BCUT2D eigenvalue weighted by Crippen LogP contribution is -2.29. The first-order valence-electron chi connectivity index (χ1n) is 5.97. The Morgan fingerprint density at radius 3 is 3.05 bits per heavy atom. The van der Waals surface area contributed by atoms with Crippen molar-refractivity contribution in [2.75, 3.05) is 5.73 Å². The molecule has 0 saturated heterocycles. The SMILES string of the molecule is CC(NC(=O)c1nonc1N)c1nnc2n1CCC2. The summed E-state index contributed by atoms with van der Waals surface area (Å²) in [6, 6.07) is -0.289. The Balaban J connectivity index is 1.76. The van der Waals surface area contributed by atoms with Gasteiger partial charge in [-0.1, -0.05) is 0 Å². The normalized spacial score (nSPS) is 15.2. The summed E-state index contributed by atoms with van der Waals surface area (Å²) in [6.07, 6.45) is 1.98. The Morgan fingerprint density at radius 1 is 1.47 bits per heavy atom. The highest BCUT2D eigenvalue weighted by atomic mass is 16.6. The van der Waals surface area contributed by atoms with E-state index in [1.54, 1.807) is 0 Å². The third-order valence-corrected chi connectivity index (χ3v) is 3.10. The maximum absolute atomic E-state index is 11.9. The molecule has 0 fully saturated rings. The number of nitrogens with two attached hydrogens (primary N) is 1. The van der Waals surface area contributed by atoms with E-state index in [9.17, 15) is 4.79 Å². The van der Waals surface area contributed by atoms with Crippen LogP contribution in [0, 0.1) is 0 Å². The predicted octanol–water partition coefficient (Wildman–Crippen LogP) is -0.320. The van der Waals surface area contributed by atoms with E-state index in [0.29, 0.717) is 0 Å². The van der Waals surface area contributed by atoms with Gasteiger partial charge >= 0.3 is 0 Å². The highest BCUT2D eigenvalue weighted by Crippen LogP contribution is 2.19. The van der Waals surface area contributed by atoms with Gasteiger partial charge in [-0.2, -0.15) is 0 Å². The van der Waals surface area contributed by atoms with E-state index in [1.807, 2.05) is 11.5 Å². The molecule has 0 aromatic carbocycles. The lowest BCUT2D eigenvalue weighted by atomic mass is 10.3. The van der Waals surface area contributed by atoms with E-state index in [1.165, 1.54) is 0 Å². The number of hydrogen-bond acceptors (Lipinski definition) is 7. The maximum Gasteiger partial charge on any atom is 0.278 e. The van der Waals surface area contributed by atoms with Gasteiger partial charge in [0.05, 0.1) is 6.04 Å². The lowest BCUT2D eigenvalue weighted by Gasteiger charge is -2.12. The molecule has 1 amide bonds. The number of nitrogen functional groups attached to an aromatic ring is 1. The molecule has 3 rings (SSSR count). The van der Waals surface area contributed by atoms with E-state index >= 15 is 0 Å². The summed E-state index contributed by atoms with van der Waals surface area (Å²) in [5.41, 5.74) is 5.44. The van der Waals surface area contributed by atoms with Crippen molar-refractivity contribution in [1.29, 1.82) is 0 Å². The maximum atomic E-state index is 11.9. The van der Waals surface area contributed by atoms with Gasteiger partial charge in [0.25, 0.3) is 5.91 Å². The first kappa shape index (κ1) is 11.6. The summed E-state index contributed by atoms with van der Waals surface area (Å²) < 4.78 is 6.42. The van der Waals surface area contributed by atoms with Gasteiger partial charge < -0.3 is 15.6 Å². The van der Waals surface area contributed by atoms with Crippen molar-refractivity contribution in [3.05, 3.63) is 17.3 Å². The zero-order chi connectivity index (χ0) is 13.4. The molecule has 9 nitrogen and oxygen atoms in total. The molecule has 0 saturated carbocycles. The standard InChI is InChI=1S/C10H13N7O2/c1-5(9-14-13-6-3-2-4-17(6)9)12-10(18)7-8(11)16-19-15-7/h5H,2-4H2,1H3,(H2,11,16)(H,12,18). The fraction of sp³-hybridized carbons (Fsp3) is 0.500. The monoisotopic (exact) mass is 263 g/mol. The molecule has 100 valence electrons. The predicted molar refractivity (Wildman–Crippen MR) is 62.9 cm³/mol. The van der Waals surface area contributed by atoms with Crippen LogP contribution in [0.15, 0.2) is 4.63 Å². The fourth-order valence-corrected chi connectivity index (χ4v) is 2.18. The van der Waals surface area contributed by atoms with Crippen LogP contribution in [0.5, 0.6) is 0 Å². The summed E-state index contributed by atoms with van der Waals surface area (Å²) >= 11 is 0. The number of rotatable bonds is 3. The first-order chi connectivity index (χ1) is 9.16. The topological polar surface area (TPSA) is 125 Å². The second-order valence-electron chi connectivity index (χ2n) is 4.42. The number of amides is 1. The minimum absolute atomic E-state index is 0.0204. The Labute approximate surface area is 108 Å². The molecule has 1 aliphatic heterocycles. The Hall–Kier alpha value is -2.45. The van der Waals surface area contributed by atoms with E-state index in [-0.39, 0.29) is 17.6 Å². The third kappa shape index (κ3) is 1.92. The molecule has 2 aromatic heterocycles. The minimum atomic E-state index is -0.443. The van der Waals surface area contributed by atoms with Gasteiger partial charge in [0, 0.05) is 13.0 Å². The van der Waals surface area contributed by atoms with Crippen molar-refractivity contribution in [3.8, 4) is 0 Å². The van der Waals surface area contributed by atoms with E-state index < -0.39 is 5.91 Å². The van der Waals surface area contributed by atoms with Crippen molar-refractivity contribution in [2.45, 2.75) is 32.4 Å². The molecule has 19 heavy (non-hydrogen) atoms. The summed E-state index contributed by atoms with van der Waals surface area (Å²) in [7, 11) is 0. The van der Waals surface area contributed by atoms with Gasteiger partial charge in [-0.05, 0) is 23.7 Å². The number of aryl methyl sites for hydroxylation is 1. The van der Waals surface area contributed by atoms with Crippen LogP contribution in [0.2, 0.25) is 0 Å². The molecule has 0 spiro atoms. The highest BCUT2D eigenvalue weighted by Gasteiger charge is 2.24. The van der Waals surface area contributed by atoms with Crippen molar-refractivity contribution in [2.24, 2.45) is 0 Å². The summed E-state index contributed by atoms with van der Waals surface area (Å²) in [5, 5.41) is 17.8. The third-order valence-electron chi connectivity index (χ3n) is 3.10. The molecule has 0 radical (unpaired) electrons. The minimum Gasteiger partial charge on any atom is -0.379 e. The van der Waals surface area contributed by atoms with Gasteiger partial charge in [0.1, 0.15) is 5.82 Å². The van der Waals surface area contributed by atoms with Crippen LogP contribution in [-0.4, -0.2) is 31.0 Å². The van der Waals surface area contributed by atoms with Crippen LogP contribution in [0.4, 0.5) is 5.82 Å². The van der Waals surface area contributed by atoms with Gasteiger partial charge in [0.2, 0.25) is 11.5 Å². The number of aromatic nitrogens is 5. The first-order valence-corrected chi connectivity index (χ1v) is 5.97. The van der Waals surface area contributed by atoms with Gasteiger partial charge in [-0.3, -0.25) is 4.79 Å².